The first-order valence-corrected chi connectivity index (χ1v) is 9.91. The van der Waals surface area contributed by atoms with Gasteiger partial charge < -0.3 is 15.0 Å². The van der Waals surface area contributed by atoms with Crippen LogP contribution in [0.3, 0.4) is 0 Å². The molecule has 7 heteroatoms. The predicted molar refractivity (Wildman–Crippen MR) is 111 cm³/mol. The van der Waals surface area contributed by atoms with Gasteiger partial charge in [-0.25, -0.2) is 0 Å². The maximum absolute atomic E-state index is 9.17. The molecule has 3 aliphatic rings. The van der Waals surface area contributed by atoms with Gasteiger partial charge in [0, 0.05) is 24.9 Å². The normalized spacial score (nSPS) is 21.3. The van der Waals surface area contributed by atoms with Crippen molar-refractivity contribution in [1.29, 1.82) is 5.26 Å². The average Bonchev–Trinajstić information content (AvgIpc) is 2.75. The first kappa shape index (κ1) is 17.8. The molecule has 29 heavy (non-hydrogen) atoms. The van der Waals surface area contributed by atoms with Crippen LogP contribution in [0, 0.1) is 18.3 Å². The number of benzene rings is 1. The number of nitrogens with one attached hydrogen (secondary N) is 1. The Labute approximate surface area is 169 Å². The van der Waals surface area contributed by atoms with Gasteiger partial charge in [0.25, 0.3) is 0 Å². The van der Waals surface area contributed by atoms with E-state index in [1.807, 2.05) is 31.3 Å². The standard InChI is InChI=1S/C22H22N6O/c1-13(16-5-3-4-15(6-16)9-23)25-22-20-7-17(10-24-21(20)14(2)26-27-22)28-11-18-8-19(12-28)29-18/h3-7,10,13,18-19H,8,11-12H2,1-2H3,(H,25,27). The van der Waals surface area contributed by atoms with E-state index in [-0.39, 0.29) is 6.04 Å². The summed E-state index contributed by atoms with van der Waals surface area (Å²) in [6, 6.07) is 11.9. The van der Waals surface area contributed by atoms with E-state index in [2.05, 4.69) is 39.5 Å². The fourth-order valence-electron chi connectivity index (χ4n) is 4.16. The average molecular weight is 386 g/mol. The Kier molecular flexibility index (Phi) is 4.29. The number of ether oxygens (including phenoxy) is 1. The van der Waals surface area contributed by atoms with Gasteiger partial charge >= 0.3 is 0 Å². The van der Waals surface area contributed by atoms with E-state index in [1.165, 1.54) is 0 Å². The van der Waals surface area contributed by atoms with Crippen LogP contribution in [-0.4, -0.2) is 40.5 Å². The van der Waals surface area contributed by atoms with E-state index >= 15 is 0 Å². The van der Waals surface area contributed by atoms with E-state index in [4.69, 9.17) is 15.0 Å². The van der Waals surface area contributed by atoms with Crippen molar-refractivity contribution < 1.29 is 4.74 Å². The fourth-order valence-corrected chi connectivity index (χ4v) is 4.16. The summed E-state index contributed by atoms with van der Waals surface area (Å²) in [6.07, 6.45) is 3.76. The van der Waals surface area contributed by atoms with Crippen molar-refractivity contribution in [3.05, 3.63) is 53.3 Å². The lowest BCUT2D eigenvalue weighted by atomic mass is 9.98. The predicted octanol–water partition coefficient (Wildman–Crippen LogP) is 3.36. The number of nitriles is 1. The molecule has 2 bridgehead atoms. The molecule has 3 aromatic rings. The van der Waals surface area contributed by atoms with Crippen molar-refractivity contribution in [2.45, 2.75) is 38.5 Å². The van der Waals surface area contributed by atoms with Gasteiger partial charge in [-0.2, -0.15) is 10.4 Å². The molecule has 2 aromatic heterocycles. The fraction of sp³-hybridized carbons (Fsp3) is 0.364. The van der Waals surface area contributed by atoms with Crippen LogP contribution < -0.4 is 10.2 Å². The molecule has 0 spiro atoms. The molecule has 1 N–H and O–H groups in total. The highest BCUT2D eigenvalue weighted by Gasteiger charge is 2.38. The monoisotopic (exact) mass is 386 g/mol. The Hall–Kier alpha value is -3.24. The van der Waals surface area contributed by atoms with Crippen molar-refractivity contribution in [1.82, 2.24) is 15.2 Å². The molecule has 0 saturated carbocycles. The quantitative estimate of drug-likeness (QED) is 0.736. The van der Waals surface area contributed by atoms with Gasteiger partial charge in [-0.3, -0.25) is 4.98 Å². The van der Waals surface area contributed by atoms with Gasteiger partial charge in [-0.05, 0) is 37.6 Å². The molecule has 0 aliphatic carbocycles. The highest BCUT2D eigenvalue weighted by atomic mass is 16.5. The third-order valence-corrected chi connectivity index (χ3v) is 5.76. The maximum atomic E-state index is 9.17. The van der Waals surface area contributed by atoms with Crippen LogP contribution in [0.25, 0.3) is 10.9 Å². The Morgan fingerprint density at radius 2 is 2.03 bits per heavy atom. The molecule has 3 saturated heterocycles. The van der Waals surface area contributed by atoms with Crippen LogP contribution in [0.2, 0.25) is 0 Å². The smallest absolute Gasteiger partial charge is 0.158 e. The summed E-state index contributed by atoms with van der Waals surface area (Å²) in [7, 11) is 0. The molecule has 0 amide bonds. The van der Waals surface area contributed by atoms with Crippen molar-refractivity contribution in [3.63, 3.8) is 0 Å². The molecule has 3 aliphatic heterocycles. The van der Waals surface area contributed by atoms with Crippen molar-refractivity contribution in [2.24, 2.45) is 0 Å². The van der Waals surface area contributed by atoms with Gasteiger partial charge in [-0.1, -0.05) is 12.1 Å². The summed E-state index contributed by atoms with van der Waals surface area (Å²) in [5.41, 5.74) is 4.41. The van der Waals surface area contributed by atoms with E-state index in [0.717, 1.165) is 47.4 Å². The zero-order chi connectivity index (χ0) is 20.0. The number of fused-ring (bicyclic) bond motifs is 3. The first-order chi connectivity index (χ1) is 14.1. The minimum atomic E-state index is -0.0248. The Bertz CT molecular complexity index is 1110. The second kappa shape index (κ2) is 6.98. The summed E-state index contributed by atoms with van der Waals surface area (Å²) in [5, 5.41) is 22.3. The SMILES string of the molecule is Cc1nnc(NC(C)c2cccc(C#N)c2)c2cc(N3CC4CC(C3)O4)cnc12. The molecular formula is C22H22N6O. The van der Waals surface area contributed by atoms with E-state index in [9.17, 15) is 0 Å². The number of nitrogens with zero attached hydrogens (tertiary/aromatic N) is 5. The molecule has 5 heterocycles. The van der Waals surface area contributed by atoms with Crippen molar-refractivity contribution in [2.75, 3.05) is 23.3 Å². The topological polar surface area (TPSA) is 87.0 Å². The largest absolute Gasteiger partial charge is 0.371 e. The van der Waals surface area contributed by atoms with Gasteiger partial charge in [0.1, 0.15) is 0 Å². The number of pyridine rings is 1. The molecule has 146 valence electrons. The van der Waals surface area contributed by atoms with Crippen LogP contribution in [0.1, 0.15) is 36.2 Å². The van der Waals surface area contributed by atoms with E-state index < -0.39 is 0 Å². The molecule has 3 unspecified atom stereocenters. The van der Waals surface area contributed by atoms with Crippen LogP contribution >= 0.6 is 0 Å². The Morgan fingerprint density at radius 3 is 2.79 bits per heavy atom. The van der Waals surface area contributed by atoms with Crippen LogP contribution in [-0.2, 0) is 4.74 Å². The Morgan fingerprint density at radius 1 is 1.24 bits per heavy atom. The summed E-state index contributed by atoms with van der Waals surface area (Å²) >= 11 is 0. The third kappa shape index (κ3) is 3.26. The number of rotatable bonds is 4. The number of aromatic nitrogens is 3. The van der Waals surface area contributed by atoms with Gasteiger partial charge in [-0.15, -0.1) is 5.10 Å². The third-order valence-electron chi connectivity index (χ3n) is 5.76. The summed E-state index contributed by atoms with van der Waals surface area (Å²) in [5.74, 6) is 0.702. The van der Waals surface area contributed by atoms with Crippen molar-refractivity contribution >= 4 is 22.4 Å². The molecule has 3 fully saturated rings. The molecule has 7 nitrogen and oxygen atoms in total. The van der Waals surface area contributed by atoms with Crippen molar-refractivity contribution in [3.8, 4) is 6.07 Å². The maximum Gasteiger partial charge on any atom is 0.158 e. The number of aryl methyl sites for hydroxylation is 1. The molecular weight excluding hydrogens is 364 g/mol. The molecule has 0 radical (unpaired) electrons. The lowest BCUT2D eigenvalue weighted by Crippen LogP contribution is -2.57. The second-order valence-corrected chi connectivity index (χ2v) is 7.85. The molecule has 3 atom stereocenters. The minimum absolute atomic E-state index is 0.0248. The zero-order valence-corrected chi connectivity index (χ0v) is 16.5. The lowest BCUT2D eigenvalue weighted by Gasteiger charge is -2.47. The first-order valence-electron chi connectivity index (χ1n) is 9.91. The van der Waals surface area contributed by atoms with Gasteiger partial charge in [0.2, 0.25) is 0 Å². The summed E-state index contributed by atoms with van der Waals surface area (Å²) in [4.78, 5) is 7.04. The highest BCUT2D eigenvalue weighted by Crippen LogP contribution is 2.33. The van der Waals surface area contributed by atoms with E-state index in [0.29, 0.717) is 23.6 Å². The minimum Gasteiger partial charge on any atom is -0.371 e. The highest BCUT2D eigenvalue weighted by molar-refractivity contribution is 5.92. The van der Waals surface area contributed by atoms with Gasteiger partial charge in [0.05, 0.1) is 53.0 Å². The summed E-state index contributed by atoms with van der Waals surface area (Å²) < 4.78 is 5.76. The Balaban J connectivity index is 1.48. The van der Waals surface area contributed by atoms with Crippen LogP contribution in [0.4, 0.5) is 11.5 Å². The number of anilines is 2. The van der Waals surface area contributed by atoms with Gasteiger partial charge in [0.15, 0.2) is 5.82 Å². The van der Waals surface area contributed by atoms with Crippen LogP contribution in [0.5, 0.6) is 0 Å². The lowest BCUT2D eigenvalue weighted by molar-refractivity contribution is -0.133. The molecule has 6 rings (SSSR count). The molecule has 1 aromatic carbocycles. The zero-order valence-electron chi connectivity index (χ0n) is 16.5. The number of piperidine rings is 1. The van der Waals surface area contributed by atoms with E-state index in [1.54, 1.807) is 6.07 Å². The number of hydrogen-bond donors (Lipinski definition) is 1. The number of hydrogen-bond acceptors (Lipinski definition) is 7. The number of morpholine rings is 1. The summed E-state index contributed by atoms with van der Waals surface area (Å²) in [6.45, 7) is 5.79. The second-order valence-electron chi connectivity index (χ2n) is 7.85. The van der Waals surface area contributed by atoms with Crippen LogP contribution in [0.15, 0.2) is 36.5 Å².